The van der Waals surface area contributed by atoms with Crippen LogP contribution in [0.5, 0.6) is 0 Å². The van der Waals surface area contributed by atoms with Crippen molar-refractivity contribution in [2.75, 3.05) is 5.32 Å². The fraction of sp³-hybridized carbons (Fsp3) is 0.0625. The molecule has 22 heavy (non-hydrogen) atoms. The lowest BCUT2D eigenvalue weighted by atomic mass is 10.2. The number of carbonyl (C=O) groups excluding carboxylic acids is 1. The lowest BCUT2D eigenvalue weighted by Crippen LogP contribution is -2.07. The maximum atomic E-state index is 11.1. The van der Waals surface area contributed by atoms with Crippen molar-refractivity contribution in [1.29, 1.82) is 0 Å². The van der Waals surface area contributed by atoms with E-state index in [0.29, 0.717) is 16.7 Å². The second-order valence-electron chi connectivity index (χ2n) is 4.73. The Morgan fingerprint density at radius 2 is 2.09 bits per heavy atom. The van der Waals surface area contributed by atoms with Crippen molar-refractivity contribution in [3.05, 3.63) is 53.8 Å². The molecular weight excluding hydrogens is 300 g/mol. The number of amides is 1. The zero-order valence-corrected chi connectivity index (χ0v) is 12.6. The molecule has 3 rings (SSSR count). The minimum atomic E-state index is -0.163. The molecule has 2 aromatic heterocycles. The van der Waals surface area contributed by atoms with Crippen molar-refractivity contribution in [3.8, 4) is 22.6 Å². The molecule has 0 saturated carbocycles. The van der Waals surface area contributed by atoms with E-state index in [4.69, 9.17) is 11.6 Å². The molecule has 110 valence electrons. The lowest BCUT2D eigenvalue weighted by molar-refractivity contribution is -0.114. The highest BCUT2D eigenvalue weighted by Crippen LogP contribution is 2.27. The van der Waals surface area contributed by atoms with Crippen LogP contribution in [-0.2, 0) is 4.79 Å². The van der Waals surface area contributed by atoms with Crippen LogP contribution in [-0.4, -0.2) is 20.9 Å². The number of nitrogens with zero attached hydrogens (tertiary/aromatic N) is 2. The summed E-state index contributed by atoms with van der Waals surface area (Å²) in [6.07, 6.45) is 3.43. The van der Waals surface area contributed by atoms with Gasteiger partial charge in [0.2, 0.25) is 5.91 Å². The summed E-state index contributed by atoms with van der Waals surface area (Å²) in [6.45, 7) is 1.44. The van der Waals surface area contributed by atoms with Gasteiger partial charge in [-0.25, -0.2) is 9.97 Å². The minimum Gasteiger partial charge on any atom is -0.344 e. The number of anilines is 1. The molecule has 0 bridgehead atoms. The number of hydrogen-bond acceptors (Lipinski definition) is 3. The van der Waals surface area contributed by atoms with Gasteiger partial charge in [0, 0.05) is 30.4 Å². The van der Waals surface area contributed by atoms with Gasteiger partial charge in [0.05, 0.1) is 10.7 Å². The van der Waals surface area contributed by atoms with E-state index in [2.05, 4.69) is 20.3 Å². The predicted molar refractivity (Wildman–Crippen MR) is 86.6 cm³/mol. The van der Waals surface area contributed by atoms with E-state index in [9.17, 15) is 4.79 Å². The molecule has 3 aromatic rings. The Morgan fingerprint density at radius 1 is 1.27 bits per heavy atom. The highest BCUT2D eigenvalue weighted by atomic mass is 35.5. The highest BCUT2D eigenvalue weighted by Gasteiger charge is 2.09. The summed E-state index contributed by atoms with van der Waals surface area (Å²) in [4.78, 5) is 22.9. The number of imidazole rings is 1. The highest BCUT2D eigenvalue weighted by molar-refractivity contribution is 6.33. The molecule has 0 aliphatic rings. The Balaban J connectivity index is 1.94. The monoisotopic (exact) mass is 312 g/mol. The molecule has 0 aliphatic heterocycles. The summed E-state index contributed by atoms with van der Waals surface area (Å²) in [7, 11) is 0. The molecule has 0 spiro atoms. The first kappa shape index (κ1) is 14.3. The van der Waals surface area contributed by atoms with Crippen molar-refractivity contribution in [2.24, 2.45) is 0 Å². The smallest absolute Gasteiger partial charge is 0.222 e. The second-order valence-corrected chi connectivity index (χ2v) is 5.13. The fourth-order valence-corrected chi connectivity index (χ4v) is 2.32. The third-order valence-electron chi connectivity index (χ3n) is 3.07. The van der Waals surface area contributed by atoms with Gasteiger partial charge in [-0.15, -0.1) is 0 Å². The largest absolute Gasteiger partial charge is 0.344 e. The number of H-pyrrole nitrogens is 1. The van der Waals surface area contributed by atoms with Crippen molar-refractivity contribution in [1.82, 2.24) is 15.0 Å². The number of carbonyl (C=O) groups is 1. The lowest BCUT2D eigenvalue weighted by Gasteiger charge is -2.02. The average Bonchev–Trinajstić information content (AvgIpc) is 2.97. The Labute approximate surface area is 132 Å². The van der Waals surface area contributed by atoms with Gasteiger partial charge in [-0.3, -0.25) is 4.79 Å². The summed E-state index contributed by atoms with van der Waals surface area (Å²) in [5, 5.41) is 3.29. The van der Waals surface area contributed by atoms with E-state index in [0.717, 1.165) is 16.8 Å². The number of aromatic amines is 1. The average molecular weight is 313 g/mol. The standard InChI is InChI=1S/C16H13ClN4O/c1-10(22)20-15-8-11(6-7-18-15)14-9-19-16(21-14)12-4-2-3-5-13(12)17/h2-9H,1H3,(H,19,21)(H,18,20,22). The van der Waals surface area contributed by atoms with E-state index in [1.54, 1.807) is 18.5 Å². The van der Waals surface area contributed by atoms with Gasteiger partial charge >= 0.3 is 0 Å². The molecule has 0 unspecified atom stereocenters. The molecule has 0 saturated heterocycles. The quantitative estimate of drug-likeness (QED) is 0.773. The first-order valence-corrected chi connectivity index (χ1v) is 7.05. The van der Waals surface area contributed by atoms with Gasteiger partial charge in [0.15, 0.2) is 0 Å². The molecule has 0 fully saturated rings. The molecule has 1 aromatic carbocycles. The number of halogens is 1. The Morgan fingerprint density at radius 3 is 2.86 bits per heavy atom. The first-order valence-electron chi connectivity index (χ1n) is 6.68. The Bertz CT molecular complexity index is 828. The number of pyridine rings is 1. The van der Waals surface area contributed by atoms with Gasteiger partial charge in [0.1, 0.15) is 11.6 Å². The Hall–Kier alpha value is -2.66. The van der Waals surface area contributed by atoms with E-state index < -0.39 is 0 Å². The van der Waals surface area contributed by atoms with E-state index >= 15 is 0 Å². The number of nitrogens with one attached hydrogen (secondary N) is 2. The van der Waals surface area contributed by atoms with Gasteiger partial charge in [-0.1, -0.05) is 23.7 Å². The molecular formula is C16H13ClN4O. The third kappa shape index (κ3) is 2.99. The molecule has 0 radical (unpaired) electrons. The maximum Gasteiger partial charge on any atom is 0.222 e. The van der Waals surface area contributed by atoms with Crippen LogP contribution in [0.3, 0.4) is 0 Å². The molecule has 2 heterocycles. The summed E-state index contributed by atoms with van der Waals surface area (Å²) in [5.74, 6) is 1.02. The number of benzene rings is 1. The number of rotatable bonds is 3. The minimum absolute atomic E-state index is 0.163. The van der Waals surface area contributed by atoms with Crippen LogP contribution >= 0.6 is 11.6 Å². The molecule has 2 N–H and O–H groups in total. The zero-order chi connectivity index (χ0) is 15.5. The van der Waals surface area contributed by atoms with Crippen LogP contribution in [0, 0.1) is 0 Å². The van der Waals surface area contributed by atoms with Crippen LogP contribution < -0.4 is 5.32 Å². The van der Waals surface area contributed by atoms with Crippen molar-refractivity contribution in [3.63, 3.8) is 0 Å². The zero-order valence-electron chi connectivity index (χ0n) is 11.8. The SMILES string of the molecule is CC(=O)Nc1cc(-c2c[nH]c(-c3ccccc3Cl)n2)ccn1. The maximum absolute atomic E-state index is 11.1. The van der Waals surface area contributed by atoms with Crippen LogP contribution in [0.2, 0.25) is 5.02 Å². The van der Waals surface area contributed by atoms with Gasteiger partial charge in [0.25, 0.3) is 0 Å². The van der Waals surface area contributed by atoms with E-state index in [1.165, 1.54) is 6.92 Å². The molecule has 0 aliphatic carbocycles. The van der Waals surface area contributed by atoms with Gasteiger partial charge in [-0.2, -0.15) is 0 Å². The summed E-state index contributed by atoms with van der Waals surface area (Å²) >= 11 is 6.18. The van der Waals surface area contributed by atoms with Crippen molar-refractivity contribution >= 4 is 23.3 Å². The van der Waals surface area contributed by atoms with Crippen LogP contribution in [0.4, 0.5) is 5.82 Å². The van der Waals surface area contributed by atoms with E-state index in [1.807, 2.05) is 30.3 Å². The summed E-state index contributed by atoms with van der Waals surface area (Å²) in [6, 6.07) is 11.1. The number of hydrogen-bond donors (Lipinski definition) is 2. The molecule has 5 nitrogen and oxygen atoms in total. The normalized spacial score (nSPS) is 10.5. The number of aromatic nitrogens is 3. The third-order valence-corrected chi connectivity index (χ3v) is 3.40. The summed E-state index contributed by atoms with van der Waals surface area (Å²) < 4.78 is 0. The van der Waals surface area contributed by atoms with Crippen molar-refractivity contribution < 1.29 is 4.79 Å². The topological polar surface area (TPSA) is 70.7 Å². The first-order chi connectivity index (χ1) is 10.6. The van der Waals surface area contributed by atoms with Crippen LogP contribution in [0.25, 0.3) is 22.6 Å². The van der Waals surface area contributed by atoms with Gasteiger partial charge in [-0.05, 0) is 24.3 Å². The fourth-order valence-electron chi connectivity index (χ4n) is 2.10. The second kappa shape index (κ2) is 5.99. The molecule has 6 heteroatoms. The Kier molecular flexibility index (Phi) is 3.89. The van der Waals surface area contributed by atoms with Crippen LogP contribution in [0.15, 0.2) is 48.8 Å². The molecule has 1 amide bonds. The van der Waals surface area contributed by atoms with Crippen LogP contribution in [0.1, 0.15) is 6.92 Å². The molecule has 0 atom stereocenters. The van der Waals surface area contributed by atoms with E-state index in [-0.39, 0.29) is 5.91 Å². The van der Waals surface area contributed by atoms with Gasteiger partial charge < -0.3 is 10.3 Å². The predicted octanol–water partition coefficient (Wildman–Crippen LogP) is 3.75. The summed E-state index contributed by atoms with van der Waals surface area (Å²) in [5.41, 5.74) is 2.45. The van der Waals surface area contributed by atoms with Crippen molar-refractivity contribution in [2.45, 2.75) is 6.92 Å².